The molecule has 1 unspecified atom stereocenters. The van der Waals surface area contributed by atoms with Gasteiger partial charge in [0, 0.05) is 18.8 Å². The number of aliphatic hydroxyl groups is 1. The molecule has 3 rings (SSSR count). The van der Waals surface area contributed by atoms with Crippen molar-refractivity contribution in [2.75, 3.05) is 11.4 Å². The van der Waals surface area contributed by atoms with Gasteiger partial charge in [0.05, 0.1) is 6.54 Å². The average molecular weight is 533 g/mol. The summed E-state index contributed by atoms with van der Waals surface area (Å²) >= 11 is 0. The van der Waals surface area contributed by atoms with E-state index in [1.54, 1.807) is 12.1 Å². The van der Waals surface area contributed by atoms with Gasteiger partial charge in [-0.05, 0) is 35.7 Å². The molecule has 0 fully saturated rings. The number of aryl methyl sites for hydroxylation is 1. The molecule has 13 heteroatoms. The third-order valence-corrected chi connectivity index (χ3v) is 5.02. The summed E-state index contributed by atoms with van der Waals surface area (Å²) in [5.74, 6) is -0.417. The predicted octanol–water partition coefficient (Wildman–Crippen LogP) is 6.00. The van der Waals surface area contributed by atoms with Crippen molar-refractivity contribution in [3.63, 3.8) is 0 Å². The zero-order chi connectivity index (χ0) is 27.2. The molecule has 1 heterocycles. The molecule has 2 aromatic carbocycles. The second kappa shape index (κ2) is 11.6. The van der Waals surface area contributed by atoms with Gasteiger partial charge in [0.15, 0.2) is 6.10 Å². The van der Waals surface area contributed by atoms with Crippen LogP contribution in [0.1, 0.15) is 18.1 Å². The molecular weight excluding hydrogens is 511 g/mol. The lowest BCUT2D eigenvalue weighted by molar-refractivity contribution is -0.253. The minimum Gasteiger partial charge on any atom is -0.439 e. The smallest absolute Gasteiger partial charge is 0.439 e. The maximum Gasteiger partial charge on any atom is 0.461 e. The molecule has 0 bridgehead atoms. The minimum absolute atomic E-state index is 0.00561. The first-order valence-corrected chi connectivity index (χ1v) is 10.9. The molecule has 0 aliphatic heterocycles. The van der Waals surface area contributed by atoms with Crippen molar-refractivity contribution in [2.24, 2.45) is 0 Å². The lowest BCUT2D eigenvalue weighted by Crippen LogP contribution is -2.41. The van der Waals surface area contributed by atoms with Crippen LogP contribution in [0.15, 0.2) is 60.8 Å². The third kappa shape index (κ3) is 7.68. The summed E-state index contributed by atoms with van der Waals surface area (Å²) in [6.45, 7) is 0.471. The monoisotopic (exact) mass is 533 g/mol. The highest BCUT2D eigenvalue weighted by Gasteiger charge is 2.44. The molecule has 1 atom stereocenters. The van der Waals surface area contributed by atoms with Gasteiger partial charge in [-0.15, -0.1) is 0 Å². The van der Waals surface area contributed by atoms with Crippen molar-refractivity contribution in [1.29, 1.82) is 0 Å². The van der Waals surface area contributed by atoms with Crippen molar-refractivity contribution < 1.29 is 45.3 Å². The number of ether oxygens (including phenoxy) is 2. The number of anilines is 1. The van der Waals surface area contributed by atoms with Gasteiger partial charge in [-0.1, -0.05) is 37.3 Å². The van der Waals surface area contributed by atoms with Gasteiger partial charge in [0.25, 0.3) is 0 Å². The second-order valence-corrected chi connectivity index (χ2v) is 7.81. The number of benzene rings is 2. The van der Waals surface area contributed by atoms with Crippen LogP contribution in [0.25, 0.3) is 0 Å². The number of para-hydroxylation sites is 1. The lowest BCUT2D eigenvalue weighted by atomic mass is 10.1. The summed E-state index contributed by atoms with van der Waals surface area (Å²) in [5, 5.41) is 9.68. The normalized spacial score (nSPS) is 12.9. The van der Waals surface area contributed by atoms with Crippen LogP contribution in [0.2, 0.25) is 0 Å². The summed E-state index contributed by atoms with van der Waals surface area (Å²) in [6.07, 6.45) is -14.8. The summed E-state index contributed by atoms with van der Waals surface area (Å²) in [5.41, 5.74) is 0.951. The molecule has 1 aromatic heterocycles. The number of alkyl halides is 7. The van der Waals surface area contributed by atoms with E-state index in [0.29, 0.717) is 12.2 Å². The second-order valence-electron chi connectivity index (χ2n) is 7.81. The molecule has 1 N–H and O–H groups in total. The van der Waals surface area contributed by atoms with E-state index in [4.69, 9.17) is 4.74 Å². The van der Waals surface area contributed by atoms with Crippen LogP contribution in [-0.4, -0.2) is 46.4 Å². The fraction of sp³-hybridized carbons (Fsp3) is 0.333. The highest BCUT2D eigenvalue weighted by atomic mass is 19.4. The molecule has 0 amide bonds. The van der Waals surface area contributed by atoms with Crippen molar-refractivity contribution in [2.45, 2.75) is 44.7 Å². The molecule has 200 valence electrons. The van der Waals surface area contributed by atoms with Gasteiger partial charge in [-0.3, -0.25) is 0 Å². The van der Waals surface area contributed by atoms with Crippen LogP contribution in [0, 0.1) is 0 Å². The zero-order valence-corrected chi connectivity index (χ0v) is 19.3. The number of hydrogen-bond donors (Lipinski definition) is 1. The van der Waals surface area contributed by atoms with Crippen LogP contribution < -0.4 is 14.4 Å². The maximum atomic E-state index is 13.3. The van der Waals surface area contributed by atoms with Crippen molar-refractivity contribution >= 4 is 5.95 Å². The Morgan fingerprint density at radius 1 is 1.00 bits per heavy atom. The number of rotatable bonds is 11. The zero-order valence-electron chi connectivity index (χ0n) is 19.3. The highest BCUT2D eigenvalue weighted by Crippen LogP contribution is 2.30. The lowest BCUT2D eigenvalue weighted by Gasteiger charge is -2.27. The third-order valence-electron chi connectivity index (χ3n) is 5.02. The van der Waals surface area contributed by atoms with E-state index >= 15 is 0 Å². The van der Waals surface area contributed by atoms with Gasteiger partial charge < -0.3 is 19.5 Å². The Hall–Kier alpha value is -3.61. The van der Waals surface area contributed by atoms with Crippen molar-refractivity contribution in [3.8, 4) is 17.4 Å². The standard InChI is InChI=1S/C24H22F7N3O3/c1-2-16-7-3-4-9-18(16)36-20-10-11-32-22(33-20)34(14-19(35)23(27,28)29)13-15-6-5-8-17(12-15)37-24(30,31)21(25)26/h3-12,19,21,35H,2,13-14H2,1H3. The van der Waals surface area contributed by atoms with Crippen LogP contribution >= 0.6 is 0 Å². The summed E-state index contributed by atoms with van der Waals surface area (Å²) in [6, 6.07) is 12.9. The Morgan fingerprint density at radius 2 is 1.73 bits per heavy atom. The molecule has 0 saturated heterocycles. The quantitative estimate of drug-likeness (QED) is 0.305. The van der Waals surface area contributed by atoms with E-state index in [-0.39, 0.29) is 17.4 Å². The average Bonchev–Trinajstić information content (AvgIpc) is 2.83. The Morgan fingerprint density at radius 3 is 2.41 bits per heavy atom. The molecular formula is C24H22F7N3O3. The summed E-state index contributed by atoms with van der Waals surface area (Å²) in [7, 11) is 0. The summed E-state index contributed by atoms with van der Waals surface area (Å²) in [4.78, 5) is 9.06. The molecule has 0 aliphatic carbocycles. The maximum absolute atomic E-state index is 13.3. The Bertz CT molecular complexity index is 1180. The Balaban J connectivity index is 1.90. The van der Waals surface area contributed by atoms with E-state index in [9.17, 15) is 35.8 Å². The first-order chi connectivity index (χ1) is 17.4. The van der Waals surface area contributed by atoms with Crippen LogP contribution in [0.4, 0.5) is 36.7 Å². The topological polar surface area (TPSA) is 67.7 Å². The number of aromatic nitrogens is 2. The van der Waals surface area contributed by atoms with Gasteiger partial charge in [0.1, 0.15) is 11.5 Å². The van der Waals surface area contributed by atoms with Gasteiger partial charge in [-0.2, -0.15) is 35.7 Å². The molecule has 6 nitrogen and oxygen atoms in total. The van der Waals surface area contributed by atoms with E-state index in [1.807, 2.05) is 19.1 Å². The van der Waals surface area contributed by atoms with Crippen LogP contribution in [-0.2, 0) is 13.0 Å². The van der Waals surface area contributed by atoms with E-state index < -0.39 is 43.7 Å². The predicted molar refractivity (Wildman–Crippen MR) is 119 cm³/mol. The number of hydrogen-bond acceptors (Lipinski definition) is 6. The minimum atomic E-state index is -4.98. The number of halogens is 7. The SMILES string of the molecule is CCc1ccccc1Oc1ccnc(N(Cc2cccc(OC(F)(F)C(F)F)c2)CC(O)C(F)(F)F)n1. The molecule has 0 aliphatic rings. The van der Waals surface area contributed by atoms with Crippen LogP contribution in [0.5, 0.6) is 17.4 Å². The van der Waals surface area contributed by atoms with Crippen molar-refractivity contribution in [3.05, 3.63) is 71.9 Å². The Kier molecular flexibility index (Phi) is 8.79. The van der Waals surface area contributed by atoms with E-state index in [2.05, 4.69) is 14.7 Å². The van der Waals surface area contributed by atoms with Gasteiger partial charge >= 0.3 is 18.7 Å². The largest absolute Gasteiger partial charge is 0.461 e. The van der Waals surface area contributed by atoms with Crippen molar-refractivity contribution in [1.82, 2.24) is 9.97 Å². The van der Waals surface area contributed by atoms with Crippen LogP contribution in [0.3, 0.4) is 0 Å². The molecule has 0 spiro atoms. The molecule has 0 radical (unpaired) electrons. The first kappa shape index (κ1) is 28.0. The number of aliphatic hydroxyl groups excluding tert-OH is 1. The molecule has 0 saturated carbocycles. The summed E-state index contributed by atoms with van der Waals surface area (Å²) < 4.78 is 101. The fourth-order valence-electron chi connectivity index (χ4n) is 3.21. The molecule has 3 aromatic rings. The number of nitrogens with zero attached hydrogens (tertiary/aromatic N) is 3. The first-order valence-electron chi connectivity index (χ1n) is 10.9. The fourth-order valence-corrected chi connectivity index (χ4v) is 3.21. The van der Waals surface area contributed by atoms with E-state index in [0.717, 1.165) is 22.6 Å². The van der Waals surface area contributed by atoms with E-state index in [1.165, 1.54) is 24.4 Å². The van der Waals surface area contributed by atoms with Gasteiger partial charge in [-0.25, -0.2) is 4.98 Å². The Labute approximate surface area is 207 Å². The van der Waals surface area contributed by atoms with Gasteiger partial charge in [0.2, 0.25) is 11.8 Å². The highest BCUT2D eigenvalue weighted by molar-refractivity contribution is 5.40. The molecule has 37 heavy (non-hydrogen) atoms.